The zero-order chi connectivity index (χ0) is 14.9. The van der Waals surface area contributed by atoms with E-state index in [-0.39, 0.29) is 5.60 Å². The first-order valence-corrected chi connectivity index (χ1v) is 7.45. The van der Waals surface area contributed by atoms with Crippen molar-refractivity contribution in [2.24, 2.45) is 0 Å². The highest BCUT2D eigenvalue weighted by atomic mass is 16.5. The number of pyridine rings is 1. The Bertz CT molecular complexity index is 632. The Hall–Kier alpha value is -1.87. The van der Waals surface area contributed by atoms with Crippen LogP contribution in [-0.2, 0) is 19.5 Å². The second kappa shape index (κ2) is 5.49. The fourth-order valence-electron chi connectivity index (χ4n) is 2.73. The van der Waals surface area contributed by atoms with Gasteiger partial charge in [0.1, 0.15) is 11.4 Å². The van der Waals surface area contributed by atoms with Crippen LogP contribution in [0.15, 0.2) is 36.5 Å². The van der Waals surface area contributed by atoms with E-state index in [2.05, 4.69) is 48.4 Å². The lowest BCUT2D eigenvalue weighted by atomic mass is 10.0. The zero-order valence-corrected chi connectivity index (χ0v) is 12.9. The molecule has 0 spiro atoms. The fourth-order valence-corrected chi connectivity index (χ4v) is 2.73. The minimum Gasteiger partial charge on any atom is -0.487 e. The lowest BCUT2D eigenvalue weighted by Crippen LogP contribution is -2.24. The van der Waals surface area contributed by atoms with E-state index in [1.807, 2.05) is 19.2 Å². The van der Waals surface area contributed by atoms with Gasteiger partial charge in [0.05, 0.1) is 0 Å². The molecule has 2 heterocycles. The number of hydrogen-bond donors (Lipinski definition) is 1. The Kier molecular flexibility index (Phi) is 3.68. The van der Waals surface area contributed by atoms with Gasteiger partial charge < -0.3 is 10.1 Å². The number of ether oxygens (including phenoxy) is 1. The van der Waals surface area contributed by atoms with Crippen molar-refractivity contribution in [1.29, 1.82) is 0 Å². The van der Waals surface area contributed by atoms with Gasteiger partial charge in [-0.1, -0.05) is 18.2 Å². The monoisotopic (exact) mass is 282 g/mol. The fraction of sp³-hybridized carbons (Fsp3) is 0.389. The van der Waals surface area contributed by atoms with Crippen LogP contribution in [0.1, 0.15) is 36.2 Å². The van der Waals surface area contributed by atoms with E-state index in [1.165, 1.54) is 16.7 Å². The summed E-state index contributed by atoms with van der Waals surface area (Å²) in [7, 11) is 0. The molecule has 3 nitrogen and oxygen atoms in total. The molecule has 1 aliphatic heterocycles. The van der Waals surface area contributed by atoms with E-state index in [0.717, 1.165) is 31.0 Å². The van der Waals surface area contributed by atoms with Crippen molar-refractivity contribution in [3.8, 4) is 5.75 Å². The van der Waals surface area contributed by atoms with Gasteiger partial charge in [-0.15, -0.1) is 0 Å². The van der Waals surface area contributed by atoms with Crippen molar-refractivity contribution in [3.63, 3.8) is 0 Å². The Morgan fingerprint density at radius 3 is 2.67 bits per heavy atom. The van der Waals surface area contributed by atoms with Crippen LogP contribution in [0.5, 0.6) is 5.75 Å². The minimum atomic E-state index is -0.0675. The average molecular weight is 282 g/mol. The normalized spacial score (nSPS) is 15.6. The highest BCUT2D eigenvalue weighted by Gasteiger charge is 2.29. The van der Waals surface area contributed by atoms with Gasteiger partial charge in [-0.05, 0) is 49.6 Å². The number of rotatable bonds is 4. The van der Waals surface area contributed by atoms with E-state index >= 15 is 0 Å². The summed E-state index contributed by atoms with van der Waals surface area (Å²) in [5.41, 5.74) is 4.82. The van der Waals surface area contributed by atoms with Gasteiger partial charge in [0.15, 0.2) is 0 Å². The number of aromatic nitrogens is 1. The zero-order valence-electron chi connectivity index (χ0n) is 12.9. The van der Waals surface area contributed by atoms with E-state index in [4.69, 9.17) is 4.74 Å². The average Bonchev–Trinajstić information content (AvgIpc) is 2.74. The molecule has 21 heavy (non-hydrogen) atoms. The molecule has 1 aliphatic rings. The summed E-state index contributed by atoms with van der Waals surface area (Å²) in [5.74, 6) is 1.03. The lowest BCUT2D eigenvalue weighted by Gasteiger charge is -2.16. The molecule has 0 fully saturated rings. The second-order valence-electron chi connectivity index (χ2n) is 6.39. The molecule has 110 valence electrons. The molecule has 0 saturated heterocycles. The van der Waals surface area contributed by atoms with Crippen molar-refractivity contribution in [2.75, 3.05) is 0 Å². The van der Waals surface area contributed by atoms with Crippen LogP contribution in [0.3, 0.4) is 0 Å². The maximum Gasteiger partial charge on any atom is 0.123 e. The quantitative estimate of drug-likeness (QED) is 0.933. The predicted molar refractivity (Wildman–Crippen MR) is 84.4 cm³/mol. The van der Waals surface area contributed by atoms with Crippen LogP contribution < -0.4 is 10.1 Å². The molecule has 0 saturated carbocycles. The maximum atomic E-state index is 5.91. The Morgan fingerprint density at radius 2 is 1.90 bits per heavy atom. The molecule has 2 aromatic rings. The number of hydrogen-bond acceptors (Lipinski definition) is 3. The third-order valence-corrected chi connectivity index (χ3v) is 3.76. The molecule has 1 aromatic heterocycles. The molecule has 3 rings (SSSR count). The number of aryl methyl sites for hydroxylation is 1. The van der Waals surface area contributed by atoms with Crippen LogP contribution in [0.2, 0.25) is 0 Å². The third kappa shape index (κ3) is 3.42. The Morgan fingerprint density at radius 1 is 1.14 bits per heavy atom. The molecule has 0 atom stereocenters. The summed E-state index contributed by atoms with van der Waals surface area (Å²) in [5, 5.41) is 3.47. The number of fused-ring (bicyclic) bond motifs is 1. The largest absolute Gasteiger partial charge is 0.487 e. The molecule has 0 amide bonds. The molecule has 0 unspecified atom stereocenters. The van der Waals surface area contributed by atoms with Crippen molar-refractivity contribution in [3.05, 3.63) is 58.9 Å². The topological polar surface area (TPSA) is 34.1 Å². The first kappa shape index (κ1) is 14.1. The summed E-state index contributed by atoms with van der Waals surface area (Å²) in [6.07, 6.45) is 2.92. The van der Waals surface area contributed by atoms with Gasteiger partial charge in [0.25, 0.3) is 0 Å². The molecule has 1 N–H and O–H groups in total. The highest BCUT2D eigenvalue weighted by molar-refractivity contribution is 5.41. The summed E-state index contributed by atoms with van der Waals surface area (Å²) >= 11 is 0. The van der Waals surface area contributed by atoms with E-state index < -0.39 is 0 Å². The number of nitrogens with one attached hydrogen (secondary N) is 1. The molecule has 3 heteroatoms. The number of benzene rings is 1. The van der Waals surface area contributed by atoms with E-state index in [1.54, 1.807) is 0 Å². The summed E-state index contributed by atoms with van der Waals surface area (Å²) in [4.78, 5) is 4.31. The van der Waals surface area contributed by atoms with Crippen molar-refractivity contribution in [2.45, 2.75) is 45.9 Å². The van der Waals surface area contributed by atoms with Crippen molar-refractivity contribution >= 4 is 0 Å². The minimum absolute atomic E-state index is 0.0675. The van der Waals surface area contributed by atoms with E-state index in [0.29, 0.717) is 0 Å². The van der Waals surface area contributed by atoms with Gasteiger partial charge in [-0.3, -0.25) is 4.98 Å². The van der Waals surface area contributed by atoms with Crippen LogP contribution >= 0.6 is 0 Å². The van der Waals surface area contributed by atoms with Gasteiger partial charge >= 0.3 is 0 Å². The van der Waals surface area contributed by atoms with Gasteiger partial charge in [0, 0.05) is 31.4 Å². The van der Waals surface area contributed by atoms with Crippen LogP contribution in [0.4, 0.5) is 0 Å². The van der Waals surface area contributed by atoms with Crippen molar-refractivity contribution in [1.82, 2.24) is 10.3 Å². The predicted octanol–water partition coefficient (Wildman–Crippen LogP) is 3.39. The van der Waals surface area contributed by atoms with Gasteiger partial charge in [-0.2, -0.15) is 0 Å². The molecule has 1 aromatic carbocycles. The van der Waals surface area contributed by atoms with Crippen LogP contribution in [0.25, 0.3) is 0 Å². The van der Waals surface area contributed by atoms with Crippen molar-refractivity contribution < 1.29 is 4.74 Å². The van der Waals surface area contributed by atoms with Crippen LogP contribution in [-0.4, -0.2) is 10.6 Å². The van der Waals surface area contributed by atoms with Crippen LogP contribution in [0, 0.1) is 6.92 Å². The first-order valence-electron chi connectivity index (χ1n) is 7.45. The van der Waals surface area contributed by atoms with Gasteiger partial charge in [0.2, 0.25) is 0 Å². The standard InChI is InChI=1S/C18H22N2O/c1-13-4-5-15(12-20-13)11-19-10-14-6-7-17-16(8-14)9-18(2,3)21-17/h4-8,12,19H,9-11H2,1-3H3. The Labute approximate surface area is 126 Å². The summed E-state index contributed by atoms with van der Waals surface area (Å²) in [6, 6.07) is 10.7. The second-order valence-corrected chi connectivity index (χ2v) is 6.39. The smallest absolute Gasteiger partial charge is 0.123 e. The highest BCUT2D eigenvalue weighted by Crippen LogP contribution is 2.35. The first-order chi connectivity index (χ1) is 10.0. The summed E-state index contributed by atoms with van der Waals surface area (Å²) < 4.78 is 5.91. The number of nitrogens with zero attached hydrogens (tertiary/aromatic N) is 1. The molecule has 0 aliphatic carbocycles. The maximum absolute atomic E-state index is 5.91. The SMILES string of the molecule is Cc1ccc(CNCc2ccc3c(c2)CC(C)(C)O3)cn1. The molecule has 0 radical (unpaired) electrons. The molecular weight excluding hydrogens is 260 g/mol. The van der Waals surface area contributed by atoms with E-state index in [9.17, 15) is 0 Å². The molecule has 0 bridgehead atoms. The summed E-state index contributed by atoms with van der Waals surface area (Å²) in [6.45, 7) is 7.98. The molecular formula is C18H22N2O. The Balaban J connectivity index is 1.58. The third-order valence-electron chi connectivity index (χ3n) is 3.76. The van der Waals surface area contributed by atoms with Gasteiger partial charge in [-0.25, -0.2) is 0 Å². The lowest BCUT2D eigenvalue weighted by molar-refractivity contribution is 0.138.